The van der Waals surface area contributed by atoms with E-state index in [1.54, 1.807) is 0 Å². The van der Waals surface area contributed by atoms with E-state index in [-0.39, 0.29) is 16.0 Å². The fourth-order valence-electron chi connectivity index (χ4n) is 2.42. The predicted octanol–water partition coefficient (Wildman–Crippen LogP) is 2.90. The zero-order valence-corrected chi connectivity index (χ0v) is 13.9. The Morgan fingerprint density at radius 1 is 1.29 bits per heavy atom. The van der Waals surface area contributed by atoms with Gasteiger partial charge in [-0.1, -0.05) is 23.2 Å². The molecule has 4 nitrogen and oxygen atoms in total. The lowest BCUT2D eigenvalue weighted by Gasteiger charge is -2.26. The molecule has 0 radical (unpaired) electrons. The second-order valence-electron chi connectivity index (χ2n) is 5.03. The van der Waals surface area contributed by atoms with Gasteiger partial charge in [-0.15, -0.1) is 0 Å². The minimum absolute atomic E-state index is 0.125. The molecule has 0 spiro atoms. The Balaban J connectivity index is 2.35. The van der Waals surface area contributed by atoms with E-state index < -0.39 is 20.9 Å². The molecule has 1 atom stereocenters. The van der Waals surface area contributed by atoms with Crippen molar-refractivity contribution in [1.29, 1.82) is 0 Å². The van der Waals surface area contributed by atoms with Crippen LogP contribution in [0.4, 0.5) is 4.39 Å². The molecule has 1 saturated heterocycles. The van der Waals surface area contributed by atoms with Gasteiger partial charge in [0, 0.05) is 13.1 Å². The minimum atomic E-state index is -3.85. The van der Waals surface area contributed by atoms with E-state index in [9.17, 15) is 12.8 Å². The molecule has 1 N–H and O–H groups in total. The maximum atomic E-state index is 13.7. The summed E-state index contributed by atoms with van der Waals surface area (Å²) in [4.78, 5) is -0.245. The highest BCUT2D eigenvalue weighted by Gasteiger charge is 2.31. The van der Waals surface area contributed by atoms with Crippen LogP contribution in [-0.2, 0) is 10.0 Å². The van der Waals surface area contributed by atoms with Crippen molar-refractivity contribution in [3.63, 3.8) is 0 Å². The largest absolute Gasteiger partial charge is 0.317 e. The first-order valence-electron chi connectivity index (χ1n) is 6.68. The van der Waals surface area contributed by atoms with Crippen molar-refractivity contribution in [1.82, 2.24) is 9.62 Å². The van der Waals surface area contributed by atoms with E-state index in [1.165, 1.54) is 23.5 Å². The number of hydrogen-bond donors (Lipinski definition) is 1. The molecule has 8 heteroatoms. The molecule has 0 saturated carbocycles. The zero-order valence-electron chi connectivity index (χ0n) is 11.6. The van der Waals surface area contributed by atoms with Gasteiger partial charge in [0.25, 0.3) is 0 Å². The summed E-state index contributed by atoms with van der Waals surface area (Å²) in [6.07, 6.45) is 2.37. The third-order valence-corrected chi connectivity index (χ3v) is 6.44. The van der Waals surface area contributed by atoms with Gasteiger partial charge in [0.05, 0.1) is 10.0 Å². The molecule has 1 aromatic rings. The highest BCUT2D eigenvalue weighted by molar-refractivity contribution is 7.89. The molecule has 1 fully saturated rings. The monoisotopic (exact) mass is 354 g/mol. The Kier molecular flexibility index (Phi) is 5.48. The first kappa shape index (κ1) is 17.0. The van der Waals surface area contributed by atoms with E-state index in [2.05, 4.69) is 5.32 Å². The number of rotatable bonds is 3. The van der Waals surface area contributed by atoms with E-state index in [0.717, 1.165) is 25.9 Å². The van der Waals surface area contributed by atoms with Gasteiger partial charge in [-0.3, -0.25) is 0 Å². The van der Waals surface area contributed by atoms with Crippen LogP contribution in [0.3, 0.4) is 0 Å². The molecule has 0 aliphatic carbocycles. The van der Waals surface area contributed by atoms with Crippen LogP contribution in [0, 0.1) is 5.82 Å². The van der Waals surface area contributed by atoms with Crippen LogP contribution >= 0.6 is 23.2 Å². The smallest absolute Gasteiger partial charge is 0.244 e. The molecular formula is C13H17Cl2FN2O2S. The van der Waals surface area contributed by atoms with E-state index in [1.807, 2.05) is 0 Å². The van der Waals surface area contributed by atoms with Crippen LogP contribution in [0.25, 0.3) is 0 Å². The molecule has 1 aliphatic rings. The maximum Gasteiger partial charge on any atom is 0.244 e. The summed E-state index contributed by atoms with van der Waals surface area (Å²) in [6.45, 7) is 1.63. The fraction of sp³-hybridized carbons (Fsp3) is 0.538. The standard InChI is InChI=1S/C13H17Cl2FN2O2S/c1-18(9-3-2-7-17-8-6-9)21(19,20)11-5-4-10(14)13(16)12(11)15/h4-5,9,17H,2-3,6-8H2,1H3. The SMILES string of the molecule is CN(C1CCCNCC1)S(=O)(=O)c1ccc(Cl)c(F)c1Cl. The first-order valence-corrected chi connectivity index (χ1v) is 8.87. The first-order chi connectivity index (χ1) is 9.85. The lowest BCUT2D eigenvalue weighted by atomic mass is 10.1. The number of hydrogen-bond acceptors (Lipinski definition) is 3. The van der Waals surface area contributed by atoms with Gasteiger partial charge in [0.1, 0.15) is 4.90 Å². The summed E-state index contributed by atoms with van der Waals surface area (Å²) in [5.74, 6) is -0.907. The topological polar surface area (TPSA) is 49.4 Å². The van der Waals surface area contributed by atoms with E-state index >= 15 is 0 Å². The molecule has 21 heavy (non-hydrogen) atoms. The Bertz CT molecular complexity index is 617. The number of nitrogens with one attached hydrogen (secondary N) is 1. The van der Waals surface area contributed by atoms with Gasteiger partial charge in [-0.2, -0.15) is 4.31 Å². The lowest BCUT2D eigenvalue weighted by molar-refractivity contribution is 0.341. The normalized spacial score (nSPS) is 20.5. The van der Waals surface area contributed by atoms with Gasteiger partial charge in [0.2, 0.25) is 10.0 Å². The quantitative estimate of drug-likeness (QED) is 0.849. The Morgan fingerprint density at radius 3 is 2.71 bits per heavy atom. The number of nitrogens with zero attached hydrogens (tertiary/aromatic N) is 1. The summed E-state index contributed by atoms with van der Waals surface area (Å²) in [6, 6.07) is 2.33. The third-order valence-electron chi connectivity index (χ3n) is 3.72. The zero-order chi connectivity index (χ0) is 15.6. The second-order valence-corrected chi connectivity index (χ2v) is 7.78. The van der Waals surface area contributed by atoms with Gasteiger partial charge in [-0.05, 0) is 44.5 Å². The maximum absolute atomic E-state index is 13.7. The van der Waals surface area contributed by atoms with Crippen LogP contribution in [0.2, 0.25) is 10.0 Å². The van der Waals surface area contributed by atoms with Crippen molar-refractivity contribution in [2.24, 2.45) is 0 Å². The van der Waals surface area contributed by atoms with Gasteiger partial charge in [-0.25, -0.2) is 12.8 Å². The molecular weight excluding hydrogens is 338 g/mol. The highest BCUT2D eigenvalue weighted by atomic mass is 35.5. The molecule has 0 aromatic heterocycles. The Labute approximate surface area is 134 Å². The highest BCUT2D eigenvalue weighted by Crippen LogP contribution is 2.32. The summed E-state index contributed by atoms with van der Waals surface area (Å²) < 4.78 is 40.3. The number of sulfonamides is 1. The predicted molar refractivity (Wildman–Crippen MR) is 81.9 cm³/mol. The molecule has 1 aliphatic heterocycles. The van der Waals surface area contributed by atoms with Crippen molar-refractivity contribution in [3.8, 4) is 0 Å². The molecule has 1 aromatic carbocycles. The van der Waals surface area contributed by atoms with Crippen molar-refractivity contribution in [3.05, 3.63) is 28.0 Å². The van der Waals surface area contributed by atoms with Crippen molar-refractivity contribution in [2.75, 3.05) is 20.1 Å². The van der Waals surface area contributed by atoms with Gasteiger partial charge < -0.3 is 5.32 Å². The van der Waals surface area contributed by atoms with Crippen molar-refractivity contribution < 1.29 is 12.8 Å². The van der Waals surface area contributed by atoms with Gasteiger partial charge >= 0.3 is 0 Å². The second kappa shape index (κ2) is 6.79. The lowest BCUT2D eigenvalue weighted by Crippen LogP contribution is -2.37. The molecule has 0 amide bonds. The Morgan fingerprint density at radius 2 is 2.00 bits per heavy atom. The number of halogens is 3. The summed E-state index contributed by atoms with van der Waals surface area (Å²) in [5, 5.41) is 2.57. The number of benzene rings is 1. The summed E-state index contributed by atoms with van der Waals surface area (Å²) >= 11 is 11.4. The van der Waals surface area contributed by atoms with Crippen LogP contribution in [-0.4, -0.2) is 38.9 Å². The van der Waals surface area contributed by atoms with Crippen molar-refractivity contribution in [2.45, 2.75) is 30.2 Å². The Hall–Kier alpha value is -0.400. The molecule has 118 valence electrons. The van der Waals surface area contributed by atoms with E-state index in [4.69, 9.17) is 23.2 Å². The fourth-order valence-corrected chi connectivity index (χ4v) is 4.56. The molecule has 0 bridgehead atoms. The molecule has 1 unspecified atom stereocenters. The van der Waals surface area contributed by atoms with Crippen molar-refractivity contribution >= 4 is 33.2 Å². The van der Waals surface area contributed by atoms with Crippen LogP contribution in [0.5, 0.6) is 0 Å². The summed E-state index contributed by atoms with van der Waals surface area (Å²) in [7, 11) is -2.34. The average molecular weight is 355 g/mol. The van der Waals surface area contributed by atoms with Crippen LogP contribution in [0.15, 0.2) is 17.0 Å². The van der Waals surface area contributed by atoms with Crippen LogP contribution < -0.4 is 5.32 Å². The molecule has 2 rings (SSSR count). The van der Waals surface area contributed by atoms with Gasteiger partial charge in [0.15, 0.2) is 5.82 Å². The summed E-state index contributed by atoms with van der Waals surface area (Å²) in [5.41, 5.74) is 0. The van der Waals surface area contributed by atoms with Crippen LogP contribution in [0.1, 0.15) is 19.3 Å². The van der Waals surface area contributed by atoms with E-state index in [0.29, 0.717) is 6.42 Å². The average Bonchev–Trinajstić information content (AvgIpc) is 2.72. The molecule has 1 heterocycles. The third kappa shape index (κ3) is 3.51. The minimum Gasteiger partial charge on any atom is -0.317 e.